The molecule has 2 fully saturated rings. The molecule has 2 N–H and O–H groups in total. The number of hydrogen-bond acceptors (Lipinski definition) is 3. The fourth-order valence-electron chi connectivity index (χ4n) is 3.06. The summed E-state index contributed by atoms with van der Waals surface area (Å²) in [6, 6.07) is 2.66. The third-order valence-electron chi connectivity index (χ3n) is 4.59. The molecule has 0 spiro atoms. The summed E-state index contributed by atoms with van der Waals surface area (Å²) in [7, 11) is 4.07. The molecule has 1 amide bonds. The molecular weight excluding hydrogens is 252 g/mol. The van der Waals surface area contributed by atoms with E-state index in [2.05, 4.69) is 16.5 Å². The summed E-state index contributed by atoms with van der Waals surface area (Å²) in [4.78, 5) is 17.0. The maximum Gasteiger partial charge on any atom is 0.270 e. The maximum atomic E-state index is 12.7. The molecule has 0 bridgehead atoms. The van der Waals surface area contributed by atoms with E-state index in [9.17, 15) is 4.79 Å². The molecule has 20 heavy (non-hydrogen) atoms. The number of anilines is 1. The van der Waals surface area contributed by atoms with Gasteiger partial charge in [-0.2, -0.15) is 0 Å². The predicted molar refractivity (Wildman–Crippen MR) is 79.7 cm³/mol. The van der Waals surface area contributed by atoms with Crippen LogP contribution in [0.1, 0.15) is 42.2 Å². The highest BCUT2D eigenvalue weighted by atomic mass is 16.2. The van der Waals surface area contributed by atoms with E-state index >= 15 is 0 Å². The highest BCUT2D eigenvalue weighted by Crippen LogP contribution is 2.37. The van der Waals surface area contributed by atoms with Crippen LogP contribution in [0.5, 0.6) is 0 Å². The summed E-state index contributed by atoms with van der Waals surface area (Å²) < 4.78 is 2.07. The van der Waals surface area contributed by atoms with Gasteiger partial charge in [0.25, 0.3) is 5.91 Å². The van der Waals surface area contributed by atoms with Gasteiger partial charge in [0, 0.05) is 25.3 Å². The predicted octanol–water partition coefficient (Wildman–Crippen LogP) is 1.57. The van der Waals surface area contributed by atoms with E-state index in [-0.39, 0.29) is 5.91 Å². The third-order valence-corrected chi connectivity index (χ3v) is 4.59. The summed E-state index contributed by atoms with van der Waals surface area (Å²) >= 11 is 0. The van der Waals surface area contributed by atoms with Gasteiger partial charge < -0.3 is 20.1 Å². The van der Waals surface area contributed by atoms with Crippen molar-refractivity contribution in [3.63, 3.8) is 0 Å². The van der Waals surface area contributed by atoms with Crippen molar-refractivity contribution in [3.8, 4) is 0 Å². The van der Waals surface area contributed by atoms with Gasteiger partial charge in [0.2, 0.25) is 0 Å². The average Bonchev–Trinajstić information content (AvgIpc) is 3.21. The quantitative estimate of drug-likeness (QED) is 0.912. The van der Waals surface area contributed by atoms with Crippen molar-refractivity contribution in [2.24, 2.45) is 0 Å². The lowest BCUT2D eigenvalue weighted by Crippen LogP contribution is -2.44. The highest BCUT2D eigenvalue weighted by molar-refractivity contribution is 5.94. The molecule has 0 aromatic carbocycles. The van der Waals surface area contributed by atoms with Crippen molar-refractivity contribution < 1.29 is 4.79 Å². The molecule has 1 saturated carbocycles. The standard InChI is InChI=1S/C15H24N4O/c1-17-7-5-12(6-8-17)18(2)15(20)14-9-11(16)10-19(14)13-3-4-13/h9-10,12-13H,3-8,16H2,1-2H3. The van der Waals surface area contributed by atoms with Crippen LogP contribution in [0.25, 0.3) is 0 Å². The largest absolute Gasteiger partial charge is 0.397 e. The van der Waals surface area contributed by atoms with Gasteiger partial charge in [0.1, 0.15) is 5.69 Å². The first-order valence-electron chi connectivity index (χ1n) is 7.49. The van der Waals surface area contributed by atoms with Crippen molar-refractivity contribution in [2.75, 3.05) is 32.9 Å². The van der Waals surface area contributed by atoms with Crippen LogP contribution < -0.4 is 5.73 Å². The van der Waals surface area contributed by atoms with E-state index in [0.717, 1.165) is 44.5 Å². The number of piperidine rings is 1. The zero-order chi connectivity index (χ0) is 14.3. The summed E-state index contributed by atoms with van der Waals surface area (Å²) in [6.07, 6.45) is 6.34. The fraction of sp³-hybridized carbons (Fsp3) is 0.667. The SMILES string of the molecule is CN1CCC(N(C)C(=O)c2cc(N)cn2C2CC2)CC1. The minimum atomic E-state index is 0.114. The van der Waals surface area contributed by atoms with Gasteiger partial charge in [0.05, 0.1) is 5.69 Å². The van der Waals surface area contributed by atoms with Gasteiger partial charge in [-0.25, -0.2) is 0 Å². The Morgan fingerprint density at radius 2 is 1.95 bits per heavy atom. The number of nitrogens with two attached hydrogens (primary N) is 1. The van der Waals surface area contributed by atoms with E-state index in [1.807, 2.05) is 24.2 Å². The molecule has 1 saturated heterocycles. The van der Waals surface area contributed by atoms with Crippen LogP contribution in [-0.4, -0.2) is 53.5 Å². The van der Waals surface area contributed by atoms with Gasteiger partial charge in [0.15, 0.2) is 0 Å². The number of hydrogen-bond donors (Lipinski definition) is 1. The first-order chi connectivity index (χ1) is 9.56. The summed E-state index contributed by atoms with van der Waals surface area (Å²) in [5.74, 6) is 0.114. The first kappa shape index (κ1) is 13.5. The van der Waals surface area contributed by atoms with Crippen molar-refractivity contribution in [2.45, 2.75) is 37.8 Å². The Morgan fingerprint density at radius 3 is 2.55 bits per heavy atom. The number of likely N-dealkylation sites (tertiary alicyclic amines) is 1. The van der Waals surface area contributed by atoms with E-state index in [0.29, 0.717) is 17.8 Å². The molecule has 5 nitrogen and oxygen atoms in total. The minimum absolute atomic E-state index is 0.114. The van der Waals surface area contributed by atoms with E-state index in [1.54, 1.807) is 0 Å². The van der Waals surface area contributed by atoms with Crippen LogP contribution in [0.2, 0.25) is 0 Å². The third kappa shape index (κ3) is 2.54. The molecule has 0 unspecified atom stereocenters. The number of nitrogens with zero attached hydrogens (tertiary/aromatic N) is 3. The van der Waals surface area contributed by atoms with E-state index in [1.165, 1.54) is 0 Å². The van der Waals surface area contributed by atoms with Crippen LogP contribution in [0.15, 0.2) is 12.3 Å². The Bertz CT molecular complexity index is 498. The minimum Gasteiger partial charge on any atom is -0.397 e. The molecule has 1 aliphatic heterocycles. The Morgan fingerprint density at radius 1 is 1.30 bits per heavy atom. The van der Waals surface area contributed by atoms with Crippen LogP contribution in [0.3, 0.4) is 0 Å². The van der Waals surface area contributed by atoms with Gasteiger partial charge in [-0.05, 0) is 51.9 Å². The lowest BCUT2D eigenvalue weighted by molar-refractivity contribution is 0.0648. The van der Waals surface area contributed by atoms with Crippen LogP contribution in [0.4, 0.5) is 5.69 Å². The van der Waals surface area contributed by atoms with Gasteiger partial charge in [-0.1, -0.05) is 0 Å². The molecule has 1 aromatic rings. The molecule has 3 rings (SSSR count). The topological polar surface area (TPSA) is 54.5 Å². The summed E-state index contributed by atoms with van der Waals surface area (Å²) in [6.45, 7) is 2.13. The Labute approximate surface area is 120 Å². The number of rotatable bonds is 3. The van der Waals surface area contributed by atoms with Crippen molar-refractivity contribution >= 4 is 11.6 Å². The normalized spacial score (nSPS) is 21.1. The monoisotopic (exact) mass is 276 g/mol. The molecule has 0 atom stereocenters. The van der Waals surface area contributed by atoms with Crippen LogP contribution >= 0.6 is 0 Å². The summed E-state index contributed by atoms with van der Waals surface area (Å²) in [5, 5.41) is 0. The molecule has 0 radical (unpaired) electrons. The first-order valence-corrected chi connectivity index (χ1v) is 7.49. The van der Waals surface area contributed by atoms with Crippen molar-refractivity contribution in [1.82, 2.24) is 14.4 Å². The maximum absolute atomic E-state index is 12.7. The zero-order valence-corrected chi connectivity index (χ0v) is 12.4. The van der Waals surface area contributed by atoms with Crippen LogP contribution in [0, 0.1) is 0 Å². The Kier molecular flexibility index (Phi) is 3.46. The molecule has 5 heteroatoms. The van der Waals surface area contributed by atoms with Crippen molar-refractivity contribution in [3.05, 3.63) is 18.0 Å². The number of carbonyl (C=O) groups excluding carboxylic acids is 1. The van der Waals surface area contributed by atoms with Gasteiger partial charge >= 0.3 is 0 Å². The molecule has 110 valence electrons. The number of aromatic nitrogens is 1. The molecule has 2 heterocycles. The van der Waals surface area contributed by atoms with E-state index in [4.69, 9.17) is 5.73 Å². The van der Waals surface area contributed by atoms with Crippen molar-refractivity contribution in [1.29, 1.82) is 0 Å². The average molecular weight is 276 g/mol. The number of amides is 1. The molecular formula is C15H24N4O. The second-order valence-corrected chi connectivity index (χ2v) is 6.25. The summed E-state index contributed by atoms with van der Waals surface area (Å²) in [5.41, 5.74) is 7.33. The second-order valence-electron chi connectivity index (χ2n) is 6.25. The zero-order valence-electron chi connectivity index (χ0n) is 12.4. The lowest BCUT2D eigenvalue weighted by Gasteiger charge is -2.35. The highest BCUT2D eigenvalue weighted by Gasteiger charge is 2.31. The lowest BCUT2D eigenvalue weighted by atomic mass is 10.0. The van der Waals surface area contributed by atoms with Gasteiger partial charge in [-0.3, -0.25) is 4.79 Å². The number of nitrogen functional groups attached to an aromatic ring is 1. The van der Waals surface area contributed by atoms with E-state index < -0.39 is 0 Å². The van der Waals surface area contributed by atoms with Gasteiger partial charge in [-0.15, -0.1) is 0 Å². The smallest absolute Gasteiger partial charge is 0.270 e. The fourth-order valence-corrected chi connectivity index (χ4v) is 3.06. The second kappa shape index (κ2) is 5.13. The molecule has 1 aromatic heterocycles. The molecule has 2 aliphatic rings. The van der Waals surface area contributed by atoms with Crippen LogP contribution in [-0.2, 0) is 0 Å². The Balaban J connectivity index is 1.74. The number of carbonyl (C=O) groups is 1. The Hall–Kier alpha value is -1.49. The molecule has 1 aliphatic carbocycles.